The normalized spacial score (nSPS) is 21.3. The van der Waals surface area contributed by atoms with Crippen molar-refractivity contribution in [3.63, 3.8) is 0 Å². The Morgan fingerprint density at radius 3 is 2.88 bits per heavy atom. The molecule has 1 fully saturated rings. The van der Waals surface area contributed by atoms with Gasteiger partial charge in [-0.1, -0.05) is 17.4 Å². The van der Waals surface area contributed by atoms with Crippen LogP contribution in [-0.2, 0) is 6.42 Å². The van der Waals surface area contributed by atoms with Crippen molar-refractivity contribution in [3.05, 3.63) is 23.8 Å². The van der Waals surface area contributed by atoms with Gasteiger partial charge in [0.15, 0.2) is 0 Å². The van der Waals surface area contributed by atoms with Gasteiger partial charge in [-0.15, -0.1) is 10.2 Å². The van der Waals surface area contributed by atoms with E-state index >= 15 is 0 Å². The topological polar surface area (TPSA) is 73.8 Å². The fraction of sp³-hybridized carbons (Fsp3) is 0.529. The van der Waals surface area contributed by atoms with Gasteiger partial charge in [0.2, 0.25) is 10.3 Å². The predicted octanol–water partition coefficient (Wildman–Crippen LogP) is 2.44. The molecule has 0 amide bonds. The molecule has 2 aliphatic heterocycles. The minimum atomic E-state index is -0.622. The van der Waals surface area contributed by atoms with Gasteiger partial charge in [-0.3, -0.25) is 0 Å². The van der Waals surface area contributed by atoms with E-state index in [1.807, 2.05) is 0 Å². The second-order valence-corrected chi connectivity index (χ2v) is 8.75. The molecule has 140 valence electrons. The molecular formula is C17H23N5O2S2. The van der Waals surface area contributed by atoms with E-state index in [1.54, 1.807) is 18.9 Å². The van der Waals surface area contributed by atoms with Crippen LogP contribution in [0.2, 0.25) is 0 Å². The van der Waals surface area contributed by atoms with E-state index in [0.29, 0.717) is 5.13 Å². The number of aliphatic hydroxyl groups is 1. The highest BCUT2D eigenvalue weighted by molar-refractivity contribution is 7.97. The first-order valence-corrected chi connectivity index (χ1v) is 10.4. The van der Waals surface area contributed by atoms with E-state index in [0.717, 1.165) is 43.5 Å². The molecule has 2 aliphatic rings. The first-order valence-electron chi connectivity index (χ1n) is 8.82. The molecule has 2 atom stereocenters. The Morgan fingerprint density at radius 1 is 1.31 bits per heavy atom. The molecule has 0 bridgehead atoms. The quantitative estimate of drug-likeness (QED) is 0.593. The number of nitrogens with one attached hydrogen (secondary N) is 1. The van der Waals surface area contributed by atoms with Gasteiger partial charge >= 0.3 is 0 Å². The van der Waals surface area contributed by atoms with Crippen LogP contribution in [0.25, 0.3) is 0 Å². The lowest BCUT2D eigenvalue weighted by atomic mass is 10.1. The van der Waals surface area contributed by atoms with Crippen molar-refractivity contribution in [2.75, 3.05) is 36.4 Å². The van der Waals surface area contributed by atoms with Gasteiger partial charge in [-0.2, -0.15) is 0 Å². The molecule has 7 nitrogen and oxygen atoms in total. The van der Waals surface area contributed by atoms with E-state index in [-0.39, 0.29) is 6.10 Å². The minimum Gasteiger partial charge on any atom is -0.490 e. The molecule has 2 N–H and O–H groups in total. The number of rotatable bonds is 5. The second kappa shape index (κ2) is 7.59. The van der Waals surface area contributed by atoms with E-state index < -0.39 is 6.23 Å². The van der Waals surface area contributed by atoms with Crippen molar-refractivity contribution in [2.45, 2.75) is 37.5 Å². The van der Waals surface area contributed by atoms with Crippen LogP contribution < -0.4 is 15.0 Å². The fourth-order valence-corrected chi connectivity index (χ4v) is 4.95. The maximum absolute atomic E-state index is 9.37. The Morgan fingerprint density at radius 2 is 2.12 bits per heavy atom. The summed E-state index contributed by atoms with van der Waals surface area (Å²) in [5.74, 6) is 1.04. The van der Waals surface area contributed by atoms with Crippen molar-refractivity contribution >= 4 is 33.5 Å². The Balaban J connectivity index is 1.31. The van der Waals surface area contributed by atoms with Crippen molar-refractivity contribution in [2.24, 2.45) is 0 Å². The summed E-state index contributed by atoms with van der Waals surface area (Å²) < 4.78 is 8.25. The summed E-state index contributed by atoms with van der Waals surface area (Å²) >= 11 is 3.27. The summed E-state index contributed by atoms with van der Waals surface area (Å²) in [6.45, 7) is 7.52. The Hall–Kier alpha value is -1.55. The summed E-state index contributed by atoms with van der Waals surface area (Å²) in [4.78, 5) is 3.47. The third kappa shape index (κ3) is 4.06. The molecule has 0 saturated carbocycles. The molecular weight excluding hydrogens is 370 g/mol. The number of hydrogen-bond donors (Lipinski definition) is 2. The molecule has 26 heavy (non-hydrogen) atoms. The number of hydrogen-bond acceptors (Lipinski definition) is 9. The van der Waals surface area contributed by atoms with Crippen molar-refractivity contribution in [1.29, 1.82) is 0 Å². The van der Waals surface area contributed by atoms with Gasteiger partial charge in [0, 0.05) is 37.5 Å². The predicted molar refractivity (Wildman–Crippen MR) is 105 cm³/mol. The summed E-state index contributed by atoms with van der Waals surface area (Å²) in [6, 6.07) is 6.54. The largest absolute Gasteiger partial charge is 0.490 e. The maximum atomic E-state index is 9.37. The zero-order valence-corrected chi connectivity index (χ0v) is 16.5. The molecule has 0 spiro atoms. The highest BCUT2D eigenvalue weighted by Gasteiger charge is 2.23. The van der Waals surface area contributed by atoms with Gasteiger partial charge in [-0.25, -0.2) is 4.31 Å². The SMILES string of the molecule is CC(O)Nc1nnc(N2CCN(Sc3ccc4c(c3)O[C@H](C)C4)CC2)s1. The van der Waals surface area contributed by atoms with Crippen LogP contribution in [0.4, 0.5) is 10.3 Å². The summed E-state index contributed by atoms with van der Waals surface area (Å²) in [5, 5.41) is 22.1. The number of anilines is 2. The summed E-state index contributed by atoms with van der Waals surface area (Å²) in [7, 11) is 0. The lowest BCUT2D eigenvalue weighted by Crippen LogP contribution is -2.43. The Labute approximate surface area is 161 Å². The van der Waals surface area contributed by atoms with Gasteiger partial charge in [0.1, 0.15) is 18.1 Å². The first-order chi connectivity index (χ1) is 12.6. The van der Waals surface area contributed by atoms with Gasteiger partial charge in [-0.05, 0) is 43.5 Å². The van der Waals surface area contributed by atoms with E-state index in [1.165, 1.54) is 21.8 Å². The maximum Gasteiger partial charge on any atom is 0.210 e. The standard InChI is InChI=1S/C17H23N5O2S2/c1-11-9-13-3-4-14(10-15(13)24-11)26-22-7-5-21(6-8-22)17-20-19-16(25-17)18-12(2)23/h3-4,10-12,23H,5-9H2,1-2H3,(H,18,19)/t11-,12?/m1/s1. The highest BCUT2D eigenvalue weighted by atomic mass is 32.2. The smallest absolute Gasteiger partial charge is 0.210 e. The molecule has 1 aromatic carbocycles. The zero-order valence-electron chi connectivity index (χ0n) is 14.9. The van der Waals surface area contributed by atoms with Gasteiger partial charge in [0.25, 0.3) is 0 Å². The van der Waals surface area contributed by atoms with Crippen molar-refractivity contribution in [3.8, 4) is 5.75 Å². The molecule has 1 aromatic heterocycles. The number of fused-ring (bicyclic) bond motifs is 1. The minimum absolute atomic E-state index is 0.286. The molecule has 1 unspecified atom stereocenters. The van der Waals surface area contributed by atoms with E-state index in [2.05, 4.69) is 49.8 Å². The third-order valence-corrected chi connectivity index (χ3v) is 6.37. The first kappa shape index (κ1) is 17.8. The Kier molecular flexibility index (Phi) is 5.21. The molecule has 4 rings (SSSR count). The molecule has 1 saturated heterocycles. The number of aromatic nitrogens is 2. The monoisotopic (exact) mass is 393 g/mol. The van der Waals surface area contributed by atoms with Crippen LogP contribution >= 0.6 is 23.3 Å². The molecule has 0 radical (unpaired) electrons. The van der Waals surface area contributed by atoms with Crippen molar-refractivity contribution < 1.29 is 9.84 Å². The second-order valence-electron chi connectivity index (χ2n) is 6.62. The van der Waals surface area contributed by atoms with Crippen molar-refractivity contribution in [1.82, 2.24) is 14.5 Å². The lowest BCUT2D eigenvalue weighted by Gasteiger charge is -2.33. The molecule has 2 aromatic rings. The zero-order chi connectivity index (χ0) is 18.1. The average molecular weight is 394 g/mol. The fourth-order valence-electron chi connectivity index (χ4n) is 3.14. The molecule has 3 heterocycles. The number of ether oxygens (including phenoxy) is 1. The van der Waals surface area contributed by atoms with Crippen LogP contribution in [0, 0.1) is 0 Å². The van der Waals surface area contributed by atoms with E-state index in [4.69, 9.17) is 4.74 Å². The molecule has 9 heteroatoms. The summed E-state index contributed by atoms with van der Waals surface area (Å²) in [6.07, 6.45) is 0.671. The van der Waals surface area contributed by atoms with E-state index in [9.17, 15) is 5.11 Å². The number of piperazine rings is 1. The van der Waals surface area contributed by atoms with Crippen LogP contribution in [0.1, 0.15) is 19.4 Å². The van der Waals surface area contributed by atoms with Crippen LogP contribution in [0.3, 0.4) is 0 Å². The van der Waals surface area contributed by atoms with Gasteiger partial charge in [0.05, 0.1) is 0 Å². The third-order valence-electron chi connectivity index (χ3n) is 4.36. The number of nitrogens with zero attached hydrogens (tertiary/aromatic N) is 4. The van der Waals surface area contributed by atoms with Gasteiger partial charge < -0.3 is 20.1 Å². The Bertz CT molecular complexity index is 761. The van der Waals surface area contributed by atoms with Crippen LogP contribution in [0.15, 0.2) is 23.1 Å². The summed E-state index contributed by atoms with van der Waals surface area (Å²) in [5.41, 5.74) is 1.31. The number of aliphatic hydroxyl groups excluding tert-OH is 1. The highest BCUT2D eigenvalue weighted by Crippen LogP contribution is 2.35. The molecule has 0 aliphatic carbocycles. The van der Waals surface area contributed by atoms with Crippen LogP contribution in [0.5, 0.6) is 5.75 Å². The average Bonchev–Trinajstić information content (AvgIpc) is 3.20. The van der Waals surface area contributed by atoms with Crippen LogP contribution in [-0.4, -0.2) is 58.1 Å². The number of benzene rings is 1. The lowest BCUT2D eigenvalue weighted by molar-refractivity contribution is 0.224.